The number of aromatic carboxylic acids is 1. The molecule has 2 rings (SSSR count). The van der Waals surface area contributed by atoms with E-state index in [0.717, 1.165) is 11.3 Å². The number of hydrogen-bond donors (Lipinski definition) is 1. The molecule has 2 aromatic rings. The standard InChI is InChI=1S/C14H13NO3/c16-14(17)12-5-3-4-11(8-12)9-18-10-13-6-1-2-7-15-13/h1-8H,9-10H2,(H,16,17). The minimum absolute atomic E-state index is 0.272. The van der Waals surface area contributed by atoms with Crippen molar-refractivity contribution in [2.75, 3.05) is 0 Å². The van der Waals surface area contributed by atoms with Gasteiger partial charge in [0.05, 0.1) is 24.5 Å². The zero-order chi connectivity index (χ0) is 12.8. The molecular weight excluding hydrogens is 230 g/mol. The van der Waals surface area contributed by atoms with Crippen LogP contribution in [0, 0.1) is 0 Å². The average molecular weight is 243 g/mol. The molecule has 0 saturated carbocycles. The van der Waals surface area contributed by atoms with Gasteiger partial charge in [0, 0.05) is 6.20 Å². The Balaban J connectivity index is 1.90. The van der Waals surface area contributed by atoms with Gasteiger partial charge in [-0.1, -0.05) is 18.2 Å². The van der Waals surface area contributed by atoms with Crippen molar-refractivity contribution < 1.29 is 14.6 Å². The topological polar surface area (TPSA) is 59.4 Å². The summed E-state index contributed by atoms with van der Waals surface area (Å²) in [6, 6.07) is 12.4. The Hall–Kier alpha value is -2.20. The molecule has 0 aliphatic heterocycles. The Kier molecular flexibility index (Phi) is 4.04. The number of hydrogen-bond acceptors (Lipinski definition) is 3. The summed E-state index contributed by atoms with van der Waals surface area (Å²) >= 11 is 0. The van der Waals surface area contributed by atoms with E-state index in [-0.39, 0.29) is 5.56 Å². The van der Waals surface area contributed by atoms with E-state index >= 15 is 0 Å². The Labute approximate surface area is 105 Å². The maximum absolute atomic E-state index is 10.8. The van der Waals surface area contributed by atoms with Crippen LogP contribution in [0.4, 0.5) is 0 Å². The van der Waals surface area contributed by atoms with E-state index in [1.54, 1.807) is 24.4 Å². The van der Waals surface area contributed by atoms with E-state index in [9.17, 15) is 4.79 Å². The molecule has 92 valence electrons. The van der Waals surface area contributed by atoms with Crippen LogP contribution in [0.15, 0.2) is 48.7 Å². The van der Waals surface area contributed by atoms with Crippen LogP contribution in [0.25, 0.3) is 0 Å². The van der Waals surface area contributed by atoms with E-state index in [4.69, 9.17) is 9.84 Å². The van der Waals surface area contributed by atoms with Crippen LogP contribution in [0.5, 0.6) is 0 Å². The molecule has 0 aliphatic rings. The van der Waals surface area contributed by atoms with E-state index in [1.807, 2.05) is 24.3 Å². The molecule has 1 aromatic carbocycles. The number of rotatable bonds is 5. The first kappa shape index (κ1) is 12.3. The number of benzene rings is 1. The monoisotopic (exact) mass is 243 g/mol. The summed E-state index contributed by atoms with van der Waals surface area (Å²) in [5, 5.41) is 8.86. The van der Waals surface area contributed by atoms with Gasteiger partial charge >= 0.3 is 5.97 Å². The fourth-order valence-electron chi connectivity index (χ4n) is 1.55. The fourth-order valence-corrected chi connectivity index (χ4v) is 1.55. The maximum Gasteiger partial charge on any atom is 0.335 e. The molecule has 18 heavy (non-hydrogen) atoms. The van der Waals surface area contributed by atoms with Crippen molar-refractivity contribution >= 4 is 5.97 Å². The molecule has 0 saturated heterocycles. The highest BCUT2D eigenvalue weighted by Crippen LogP contribution is 2.08. The molecule has 0 aliphatic carbocycles. The van der Waals surface area contributed by atoms with Crippen LogP contribution >= 0.6 is 0 Å². The second kappa shape index (κ2) is 5.93. The van der Waals surface area contributed by atoms with Gasteiger partial charge in [-0.05, 0) is 29.8 Å². The molecule has 4 heteroatoms. The summed E-state index contributed by atoms with van der Waals surface area (Å²) in [5.74, 6) is -0.929. The molecule has 0 fully saturated rings. The smallest absolute Gasteiger partial charge is 0.335 e. The summed E-state index contributed by atoms with van der Waals surface area (Å²) in [6.45, 7) is 0.788. The lowest BCUT2D eigenvalue weighted by Crippen LogP contribution is -1.99. The van der Waals surface area contributed by atoms with Gasteiger partial charge in [-0.2, -0.15) is 0 Å². The zero-order valence-corrected chi connectivity index (χ0v) is 9.74. The zero-order valence-electron chi connectivity index (χ0n) is 9.74. The van der Waals surface area contributed by atoms with E-state index in [0.29, 0.717) is 13.2 Å². The van der Waals surface area contributed by atoms with Crippen LogP contribution in [0.2, 0.25) is 0 Å². The van der Waals surface area contributed by atoms with Crippen molar-refractivity contribution in [1.82, 2.24) is 4.98 Å². The molecule has 0 amide bonds. The van der Waals surface area contributed by atoms with Gasteiger partial charge in [-0.25, -0.2) is 4.79 Å². The first-order valence-electron chi connectivity index (χ1n) is 5.55. The molecule has 0 unspecified atom stereocenters. The lowest BCUT2D eigenvalue weighted by Gasteiger charge is -2.04. The van der Waals surface area contributed by atoms with Gasteiger partial charge in [-0.15, -0.1) is 0 Å². The minimum atomic E-state index is -0.929. The lowest BCUT2D eigenvalue weighted by molar-refractivity contribution is 0.0696. The Morgan fingerprint density at radius 3 is 2.78 bits per heavy atom. The van der Waals surface area contributed by atoms with Gasteiger partial charge in [0.1, 0.15) is 0 Å². The lowest BCUT2D eigenvalue weighted by atomic mass is 10.1. The van der Waals surface area contributed by atoms with Crippen LogP contribution in [-0.4, -0.2) is 16.1 Å². The third-order valence-corrected chi connectivity index (χ3v) is 2.42. The number of pyridine rings is 1. The first-order valence-corrected chi connectivity index (χ1v) is 5.55. The summed E-state index contributed by atoms with van der Waals surface area (Å²) in [6.07, 6.45) is 1.71. The fraction of sp³-hybridized carbons (Fsp3) is 0.143. The van der Waals surface area contributed by atoms with Crippen molar-refractivity contribution in [3.05, 3.63) is 65.5 Å². The molecular formula is C14H13NO3. The van der Waals surface area contributed by atoms with Crippen molar-refractivity contribution in [2.45, 2.75) is 13.2 Å². The summed E-state index contributed by atoms with van der Waals surface area (Å²) in [5.41, 5.74) is 1.96. The van der Waals surface area contributed by atoms with Crippen molar-refractivity contribution in [3.63, 3.8) is 0 Å². The SMILES string of the molecule is O=C(O)c1cccc(COCc2ccccn2)c1. The number of nitrogens with zero attached hydrogens (tertiary/aromatic N) is 1. The predicted molar refractivity (Wildman–Crippen MR) is 66.1 cm³/mol. The summed E-state index contributed by atoms with van der Waals surface area (Å²) in [7, 11) is 0. The highest BCUT2D eigenvalue weighted by Gasteiger charge is 2.03. The Morgan fingerprint density at radius 1 is 1.17 bits per heavy atom. The number of ether oxygens (including phenoxy) is 1. The number of aromatic nitrogens is 1. The average Bonchev–Trinajstić information content (AvgIpc) is 2.40. The number of carboxylic acids is 1. The van der Waals surface area contributed by atoms with Crippen molar-refractivity contribution in [1.29, 1.82) is 0 Å². The summed E-state index contributed by atoms with van der Waals surface area (Å²) in [4.78, 5) is 14.9. The molecule has 1 aromatic heterocycles. The van der Waals surface area contributed by atoms with Gasteiger partial charge in [-0.3, -0.25) is 4.98 Å². The largest absolute Gasteiger partial charge is 0.478 e. The van der Waals surface area contributed by atoms with E-state index < -0.39 is 5.97 Å². The second-order valence-corrected chi connectivity index (χ2v) is 3.82. The number of carboxylic acid groups (broad SMARTS) is 1. The van der Waals surface area contributed by atoms with Crippen LogP contribution in [0.1, 0.15) is 21.6 Å². The quantitative estimate of drug-likeness (QED) is 0.876. The van der Waals surface area contributed by atoms with Crippen LogP contribution < -0.4 is 0 Å². The van der Waals surface area contributed by atoms with Gasteiger partial charge < -0.3 is 9.84 Å². The highest BCUT2D eigenvalue weighted by atomic mass is 16.5. The summed E-state index contributed by atoms with van der Waals surface area (Å²) < 4.78 is 5.49. The van der Waals surface area contributed by atoms with Gasteiger partial charge in [0.2, 0.25) is 0 Å². The third-order valence-electron chi connectivity index (χ3n) is 2.42. The number of carbonyl (C=O) groups is 1. The highest BCUT2D eigenvalue weighted by molar-refractivity contribution is 5.87. The van der Waals surface area contributed by atoms with Crippen LogP contribution in [-0.2, 0) is 18.0 Å². The van der Waals surface area contributed by atoms with Crippen molar-refractivity contribution in [2.24, 2.45) is 0 Å². The molecule has 0 radical (unpaired) electrons. The molecule has 1 N–H and O–H groups in total. The van der Waals surface area contributed by atoms with Crippen LogP contribution in [0.3, 0.4) is 0 Å². The van der Waals surface area contributed by atoms with Gasteiger partial charge in [0.25, 0.3) is 0 Å². The molecule has 0 atom stereocenters. The first-order chi connectivity index (χ1) is 8.75. The maximum atomic E-state index is 10.8. The molecule has 1 heterocycles. The van der Waals surface area contributed by atoms with Crippen molar-refractivity contribution in [3.8, 4) is 0 Å². The normalized spacial score (nSPS) is 10.2. The second-order valence-electron chi connectivity index (χ2n) is 3.82. The Bertz CT molecular complexity index is 526. The third kappa shape index (κ3) is 3.40. The molecule has 4 nitrogen and oxygen atoms in total. The molecule has 0 spiro atoms. The minimum Gasteiger partial charge on any atom is -0.478 e. The predicted octanol–water partition coefficient (Wildman–Crippen LogP) is 2.50. The van der Waals surface area contributed by atoms with E-state index in [1.165, 1.54) is 0 Å². The van der Waals surface area contributed by atoms with E-state index in [2.05, 4.69) is 4.98 Å². The van der Waals surface area contributed by atoms with Gasteiger partial charge in [0.15, 0.2) is 0 Å². The Morgan fingerprint density at radius 2 is 2.06 bits per heavy atom. The molecule has 0 bridgehead atoms.